The van der Waals surface area contributed by atoms with Gasteiger partial charge in [0.1, 0.15) is 5.76 Å². The maximum atomic E-state index is 5.70. The van der Waals surface area contributed by atoms with E-state index >= 15 is 0 Å². The maximum absolute atomic E-state index is 5.70. The van der Waals surface area contributed by atoms with E-state index in [0.717, 1.165) is 38.5 Å². The molecule has 2 rings (SSSR count). The van der Waals surface area contributed by atoms with Gasteiger partial charge >= 0.3 is 0 Å². The van der Waals surface area contributed by atoms with Gasteiger partial charge in [0.15, 0.2) is 0 Å². The van der Waals surface area contributed by atoms with E-state index in [9.17, 15) is 0 Å². The van der Waals surface area contributed by atoms with Gasteiger partial charge in [0.25, 0.3) is 0 Å². The van der Waals surface area contributed by atoms with E-state index in [1.165, 1.54) is 31.5 Å². The number of furan rings is 1. The van der Waals surface area contributed by atoms with E-state index in [2.05, 4.69) is 42.0 Å². The second-order valence-electron chi connectivity index (χ2n) is 6.12. The van der Waals surface area contributed by atoms with E-state index in [-0.39, 0.29) is 0 Å². The number of rotatable bonds is 8. The van der Waals surface area contributed by atoms with Crippen molar-refractivity contribution in [3.05, 3.63) is 23.7 Å². The Morgan fingerprint density at radius 2 is 2.00 bits per heavy atom. The highest BCUT2D eigenvalue weighted by Gasteiger charge is 2.21. The van der Waals surface area contributed by atoms with E-state index in [0.29, 0.717) is 6.04 Å². The molecule has 4 nitrogen and oxygen atoms in total. The van der Waals surface area contributed by atoms with Crippen molar-refractivity contribution in [2.24, 2.45) is 0 Å². The molecule has 0 amide bonds. The monoisotopic (exact) mass is 293 g/mol. The quantitative estimate of drug-likeness (QED) is 0.747. The second-order valence-corrected chi connectivity index (χ2v) is 6.12. The highest BCUT2D eigenvalue weighted by molar-refractivity contribution is 5.16. The van der Waals surface area contributed by atoms with Crippen molar-refractivity contribution in [2.45, 2.75) is 52.7 Å². The van der Waals surface area contributed by atoms with Gasteiger partial charge in [0.2, 0.25) is 0 Å². The van der Waals surface area contributed by atoms with Crippen LogP contribution in [0.1, 0.15) is 44.9 Å². The lowest BCUT2D eigenvalue weighted by Crippen LogP contribution is -2.49. The van der Waals surface area contributed by atoms with Crippen LogP contribution in [0.15, 0.2) is 16.7 Å². The molecule has 1 aromatic rings. The predicted molar refractivity (Wildman–Crippen MR) is 87.3 cm³/mol. The Bertz CT molecular complexity index is 396. The van der Waals surface area contributed by atoms with E-state index < -0.39 is 0 Å². The summed E-state index contributed by atoms with van der Waals surface area (Å²) in [7, 11) is 0. The molecule has 120 valence electrons. The van der Waals surface area contributed by atoms with Gasteiger partial charge in [-0.2, -0.15) is 0 Å². The van der Waals surface area contributed by atoms with Crippen LogP contribution >= 0.6 is 0 Å². The predicted octanol–water partition coefficient (Wildman–Crippen LogP) is 2.70. The van der Waals surface area contributed by atoms with Crippen LogP contribution < -0.4 is 5.32 Å². The molecule has 0 saturated carbocycles. The highest BCUT2D eigenvalue weighted by Crippen LogP contribution is 2.16. The van der Waals surface area contributed by atoms with Crippen LogP contribution in [-0.2, 0) is 13.1 Å². The van der Waals surface area contributed by atoms with Gasteiger partial charge in [0, 0.05) is 44.3 Å². The minimum absolute atomic E-state index is 0.713. The molecule has 1 saturated heterocycles. The van der Waals surface area contributed by atoms with E-state index in [4.69, 9.17) is 4.42 Å². The van der Waals surface area contributed by atoms with Crippen LogP contribution in [0.25, 0.3) is 0 Å². The topological polar surface area (TPSA) is 31.7 Å². The van der Waals surface area contributed by atoms with E-state index in [1.54, 1.807) is 0 Å². The van der Waals surface area contributed by atoms with Gasteiger partial charge in [-0.25, -0.2) is 0 Å². The third-order valence-corrected chi connectivity index (χ3v) is 4.57. The summed E-state index contributed by atoms with van der Waals surface area (Å²) in [6.45, 7) is 14.4. The van der Waals surface area contributed by atoms with Crippen molar-refractivity contribution in [1.82, 2.24) is 15.1 Å². The molecule has 2 heterocycles. The largest absolute Gasteiger partial charge is 0.468 e. The van der Waals surface area contributed by atoms with Crippen molar-refractivity contribution in [2.75, 3.05) is 32.7 Å². The molecular formula is C17H31N3O. The lowest BCUT2D eigenvalue weighted by atomic mass is 10.1. The molecule has 1 aliphatic heterocycles. The van der Waals surface area contributed by atoms with Crippen LogP contribution in [0.5, 0.6) is 0 Å². The third kappa shape index (κ3) is 4.83. The molecule has 21 heavy (non-hydrogen) atoms. The Labute approximate surface area is 129 Å². The molecular weight excluding hydrogens is 262 g/mol. The summed E-state index contributed by atoms with van der Waals surface area (Å²) in [5.74, 6) is 1.13. The fourth-order valence-corrected chi connectivity index (χ4v) is 2.89. The molecule has 4 heteroatoms. The summed E-state index contributed by atoms with van der Waals surface area (Å²) in [6.07, 6.45) is 4.24. The molecule has 0 bridgehead atoms. The lowest BCUT2D eigenvalue weighted by molar-refractivity contribution is 0.0917. The summed E-state index contributed by atoms with van der Waals surface area (Å²) in [5.41, 5.74) is 1.31. The first-order valence-electron chi connectivity index (χ1n) is 8.47. The molecule has 0 aliphatic carbocycles. The molecule has 1 N–H and O–H groups in total. The SMILES string of the molecule is CCCNCc1ccoc1CN1CCN(C(C)CC)CC1. The summed E-state index contributed by atoms with van der Waals surface area (Å²) >= 11 is 0. The Morgan fingerprint density at radius 3 is 2.67 bits per heavy atom. The molecule has 1 fully saturated rings. The highest BCUT2D eigenvalue weighted by atomic mass is 16.3. The smallest absolute Gasteiger partial charge is 0.122 e. The summed E-state index contributed by atoms with van der Waals surface area (Å²) in [6, 6.07) is 2.82. The van der Waals surface area contributed by atoms with Crippen LogP contribution in [0.2, 0.25) is 0 Å². The molecule has 0 spiro atoms. The first kappa shape index (κ1) is 16.5. The van der Waals surface area contributed by atoms with Gasteiger partial charge < -0.3 is 9.73 Å². The van der Waals surface area contributed by atoms with Gasteiger partial charge in [-0.15, -0.1) is 0 Å². The Hall–Kier alpha value is -0.840. The number of hydrogen-bond donors (Lipinski definition) is 1. The van der Waals surface area contributed by atoms with Crippen LogP contribution in [0.4, 0.5) is 0 Å². The number of hydrogen-bond acceptors (Lipinski definition) is 4. The Balaban J connectivity index is 1.79. The summed E-state index contributed by atoms with van der Waals surface area (Å²) in [4.78, 5) is 5.11. The Kier molecular flexibility index (Phi) is 6.74. The minimum Gasteiger partial charge on any atom is -0.468 e. The first-order chi connectivity index (χ1) is 10.2. The Morgan fingerprint density at radius 1 is 1.24 bits per heavy atom. The van der Waals surface area contributed by atoms with Crippen molar-refractivity contribution < 1.29 is 4.42 Å². The van der Waals surface area contributed by atoms with Crippen molar-refractivity contribution in [3.63, 3.8) is 0 Å². The minimum atomic E-state index is 0.713. The number of piperazine rings is 1. The molecule has 1 unspecified atom stereocenters. The van der Waals surface area contributed by atoms with Crippen molar-refractivity contribution in [1.29, 1.82) is 0 Å². The zero-order valence-electron chi connectivity index (χ0n) is 13.9. The average molecular weight is 293 g/mol. The summed E-state index contributed by atoms with van der Waals surface area (Å²) in [5, 5.41) is 3.46. The standard InChI is InChI=1S/C17H31N3O/c1-4-7-18-13-16-6-12-21-17(16)14-19-8-10-20(11-9-19)15(3)5-2/h6,12,15,18H,4-5,7-11,13-14H2,1-3H3. The van der Waals surface area contributed by atoms with Crippen LogP contribution in [0.3, 0.4) is 0 Å². The van der Waals surface area contributed by atoms with Gasteiger partial charge in [-0.3, -0.25) is 9.80 Å². The van der Waals surface area contributed by atoms with Crippen LogP contribution in [0, 0.1) is 0 Å². The second kappa shape index (κ2) is 8.57. The van der Waals surface area contributed by atoms with E-state index in [1.807, 2.05) is 6.26 Å². The van der Waals surface area contributed by atoms with Crippen molar-refractivity contribution in [3.8, 4) is 0 Å². The molecule has 1 aromatic heterocycles. The molecule has 0 aromatic carbocycles. The van der Waals surface area contributed by atoms with Crippen molar-refractivity contribution >= 4 is 0 Å². The summed E-state index contributed by atoms with van der Waals surface area (Å²) < 4.78 is 5.70. The normalized spacial score (nSPS) is 19.0. The fraction of sp³-hybridized carbons (Fsp3) is 0.765. The molecule has 0 radical (unpaired) electrons. The van der Waals surface area contributed by atoms with Crippen LogP contribution in [-0.4, -0.2) is 48.6 Å². The number of nitrogens with zero attached hydrogens (tertiary/aromatic N) is 2. The maximum Gasteiger partial charge on any atom is 0.122 e. The fourth-order valence-electron chi connectivity index (χ4n) is 2.89. The number of nitrogens with one attached hydrogen (secondary N) is 1. The zero-order valence-corrected chi connectivity index (χ0v) is 13.9. The third-order valence-electron chi connectivity index (χ3n) is 4.57. The van der Waals surface area contributed by atoms with Gasteiger partial charge in [0.05, 0.1) is 12.8 Å². The van der Waals surface area contributed by atoms with Gasteiger partial charge in [-0.1, -0.05) is 13.8 Å². The zero-order chi connectivity index (χ0) is 15.1. The average Bonchev–Trinajstić information content (AvgIpc) is 2.95. The molecule has 1 atom stereocenters. The lowest BCUT2D eigenvalue weighted by Gasteiger charge is -2.37. The van der Waals surface area contributed by atoms with Gasteiger partial charge in [-0.05, 0) is 32.4 Å². The molecule has 1 aliphatic rings. The first-order valence-corrected chi connectivity index (χ1v) is 8.47.